The molecule has 0 fully saturated rings. The van der Waals surface area contributed by atoms with Crippen molar-refractivity contribution >= 4 is 34.6 Å². The zero-order valence-electron chi connectivity index (χ0n) is 16.0. The van der Waals surface area contributed by atoms with Gasteiger partial charge in [0.15, 0.2) is 5.16 Å². The van der Waals surface area contributed by atoms with Crippen LogP contribution in [0, 0.1) is 17.0 Å². The SMILES string of the molecule is Cc1ccc(Cn2c(S/C=C/c3ccc([N+](=O)[O-])o3)nc3ccccc3c2=O)cc1. The number of rotatable bonds is 6. The van der Waals surface area contributed by atoms with Gasteiger partial charge in [0.2, 0.25) is 0 Å². The average Bonchev–Trinajstić information content (AvgIpc) is 3.21. The first kappa shape index (κ1) is 19.7. The normalized spacial score (nSPS) is 11.4. The third-order valence-electron chi connectivity index (χ3n) is 4.49. The molecule has 0 atom stereocenters. The Morgan fingerprint density at radius 1 is 1.13 bits per heavy atom. The third kappa shape index (κ3) is 4.18. The molecule has 4 aromatic rings. The van der Waals surface area contributed by atoms with Gasteiger partial charge in [-0.1, -0.05) is 53.7 Å². The van der Waals surface area contributed by atoms with E-state index < -0.39 is 4.92 Å². The smallest absolute Gasteiger partial charge is 0.401 e. The molecule has 0 saturated heterocycles. The van der Waals surface area contributed by atoms with Gasteiger partial charge in [-0.05, 0) is 42.2 Å². The monoisotopic (exact) mass is 419 g/mol. The maximum absolute atomic E-state index is 13.1. The number of aromatic nitrogens is 2. The first-order valence-corrected chi connectivity index (χ1v) is 10.0. The standard InChI is InChI=1S/C22H17N3O4S/c1-15-6-8-16(9-7-15)14-24-21(26)18-4-2-3-5-19(18)23-22(24)30-13-12-17-10-11-20(29-17)25(27)28/h2-13H,14H2,1H3/b13-12+. The minimum absolute atomic E-state index is 0.120. The van der Waals surface area contributed by atoms with E-state index >= 15 is 0 Å². The largest absolute Gasteiger partial charge is 0.433 e. The molecule has 2 heterocycles. The highest BCUT2D eigenvalue weighted by atomic mass is 32.2. The van der Waals surface area contributed by atoms with Crippen LogP contribution in [0.4, 0.5) is 5.88 Å². The Labute approximate surface area is 175 Å². The first-order valence-electron chi connectivity index (χ1n) is 9.14. The summed E-state index contributed by atoms with van der Waals surface area (Å²) in [5.74, 6) is 0.0298. The fourth-order valence-electron chi connectivity index (χ4n) is 2.94. The lowest BCUT2D eigenvalue weighted by Gasteiger charge is -2.12. The Morgan fingerprint density at radius 3 is 2.63 bits per heavy atom. The van der Waals surface area contributed by atoms with E-state index in [4.69, 9.17) is 4.42 Å². The van der Waals surface area contributed by atoms with E-state index in [0.29, 0.717) is 28.4 Å². The number of hydrogen-bond acceptors (Lipinski definition) is 6. The van der Waals surface area contributed by atoms with Gasteiger partial charge in [-0.15, -0.1) is 0 Å². The first-order chi connectivity index (χ1) is 14.5. The van der Waals surface area contributed by atoms with Crippen molar-refractivity contribution in [2.45, 2.75) is 18.6 Å². The maximum atomic E-state index is 13.1. The van der Waals surface area contributed by atoms with E-state index in [2.05, 4.69) is 4.98 Å². The number of fused-ring (bicyclic) bond motifs is 1. The summed E-state index contributed by atoms with van der Waals surface area (Å²) >= 11 is 1.25. The predicted octanol–water partition coefficient (Wildman–Crippen LogP) is 5.02. The van der Waals surface area contributed by atoms with Gasteiger partial charge in [0.1, 0.15) is 10.7 Å². The number of nitrogens with zero attached hydrogens (tertiary/aromatic N) is 3. The van der Waals surface area contributed by atoms with Crippen LogP contribution >= 0.6 is 11.8 Å². The van der Waals surface area contributed by atoms with E-state index in [1.165, 1.54) is 23.9 Å². The van der Waals surface area contributed by atoms with E-state index in [-0.39, 0.29) is 11.4 Å². The van der Waals surface area contributed by atoms with Crippen molar-refractivity contribution in [1.82, 2.24) is 9.55 Å². The van der Waals surface area contributed by atoms with Gasteiger partial charge >= 0.3 is 5.88 Å². The molecule has 0 amide bonds. The summed E-state index contributed by atoms with van der Waals surface area (Å²) in [7, 11) is 0. The molecular weight excluding hydrogens is 402 g/mol. The quantitative estimate of drug-likeness (QED) is 0.189. The number of furan rings is 1. The van der Waals surface area contributed by atoms with Crippen molar-refractivity contribution < 1.29 is 9.34 Å². The van der Waals surface area contributed by atoms with Gasteiger partial charge in [0, 0.05) is 0 Å². The van der Waals surface area contributed by atoms with Crippen molar-refractivity contribution in [2.75, 3.05) is 0 Å². The summed E-state index contributed by atoms with van der Waals surface area (Å²) in [6.45, 7) is 2.40. The second kappa shape index (κ2) is 8.38. The second-order valence-corrected chi connectivity index (χ2v) is 7.52. The minimum Gasteiger partial charge on any atom is -0.401 e. The highest BCUT2D eigenvalue weighted by Gasteiger charge is 2.12. The molecule has 30 heavy (non-hydrogen) atoms. The van der Waals surface area contributed by atoms with E-state index in [1.54, 1.807) is 28.2 Å². The maximum Gasteiger partial charge on any atom is 0.433 e. The number of aryl methyl sites for hydroxylation is 1. The van der Waals surface area contributed by atoms with Crippen LogP contribution < -0.4 is 5.56 Å². The van der Waals surface area contributed by atoms with E-state index in [0.717, 1.165) is 11.1 Å². The number of nitro groups is 1. The van der Waals surface area contributed by atoms with Gasteiger partial charge in [-0.3, -0.25) is 19.5 Å². The molecule has 2 aromatic carbocycles. The molecule has 150 valence electrons. The summed E-state index contributed by atoms with van der Waals surface area (Å²) in [5, 5.41) is 13.5. The Balaban J connectivity index is 1.69. The number of para-hydroxylation sites is 1. The van der Waals surface area contributed by atoms with Crippen molar-refractivity contribution in [3.63, 3.8) is 0 Å². The Kier molecular flexibility index (Phi) is 5.49. The summed E-state index contributed by atoms with van der Waals surface area (Å²) < 4.78 is 6.76. The highest BCUT2D eigenvalue weighted by Crippen LogP contribution is 2.23. The molecule has 0 radical (unpaired) electrons. The van der Waals surface area contributed by atoms with Crippen molar-refractivity contribution in [3.05, 3.63) is 103 Å². The molecule has 7 nitrogen and oxygen atoms in total. The van der Waals surface area contributed by atoms with Gasteiger partial charge in [-0.2, -0.15) is 0 Å². The molecule has 0 aliphatic heterocycles. The average molecular weight is 419 g/mol. The minimum atomic E-state index is -0.589. The van der Waals surface area contributed by atoms with Crippen LogP contribution in [0.3, 0.4) is 0 Å². The molecule has 0 saturated carbocycles. The fraction of sp³-hybridized carbons (Fsp3) is 0.0909. The van der Waals surface area contributed by atoms with Crippen LogP contribution in [0.5, 0.6) is 0 Å². The van der Waals surface area contributed by atoms with Crippen molar-refractivity contribution in [1.29, 1.82) is 0 Å². The summed E-state index contributed by atoms with van der Waals surface area (Å²) in [6, 6.07) is 18.0. The summed E-state index contributed by atoms with van der Waals surface area (Å²) in [6.07, 6.45) is 1.61. The fourth-order valence-corrected chi connectivity index (χ4v) is 3.69. The summed E-state index contributed by atoms with van der Waals surface area (Å²) in [5.41, 5.74) is 2.64. The molecular formula is C22H17N3O4S. The third-order valence-corrected chi connectivity index (χ3v) is 5.28. The predicted molar refractivity (Wildman–Crippen MR) is 117 cm³/mol. The Morgan fingerprint density at radius 2 is 1.90 bits per heavy atom. The molecule has 0 bridgehead atoms. The van der Waals surface area contributed by atoms with E-state index in [1.807, 2.05) is 43.3 Å². The molecule has 0 aliphatic carbocycles. The zero-order valence-corrected chi connectivity index (χ0v) is 16.8. The molecule has 8 heteroatoms. The topological polar surface area (TPSA) is 91.2 Å². The van der Waals surface area contributed by atoms with Crippen LogP contribution in [-0.2, 0) is 6.54 Å². The van der Waals surface area contributed by atoms with Gasteiger partial charge in [-0.25, -0.2) is 4.98 Å². The Bertz CT molecular complexity index is 1310. The molecule has 4 rings (SSSR count). The lowest BCUT2D eigenvalue weighted by atomic mass is 10.1. The van der Waals surface area contributed by atoms with E-state index in [9.17, 15) is 14.9 Å². The Hall–Kier alpha value is -3.65. The van der Waals surface area contributed by atoms with Crippen LogP contribution in [0.15, 0.2) is 80.4 Å². The van der Waals surface area contributed by atoms with Gasteiger partial charge in [0.25, 0.3) is 5.56 Å². The number of hydrogen-bond donors (Lipinski definition) is 0. The second-order valence-electron chi connectivity index (χ2n) is 6.64. The van der Waals surface area contributed by atoms with Crippen LogP contribution in [0.2, 0.25) is 0 Å². The molecule has 0 aliphatic rings. The van der Waals surface area contributed by atoms with Gasteiger partial charge < -0.3 is 4.42 Å². The molecule has 2 aromatic heterocycles. The van der Waals surface area contributed by atoms with Crippen LogP contribution in [0.25, 0.3) is 17.0 Å². The molecule has 0 spiro atoms. The molecule has 0 unspecified atom stereocenters. The molecule has 0 N–H and O–H groups in total. The lowest BCUT2D eigenvalue weighted by molar-refractivity contribution is -0.402. The number of thioether (sulfide) groups is 1. The highest BCUT2D eigenvalue weighted by molar-refractivity contribution is 8.02. The van der Waals surface area contributed by atoms with Gasteiger partial charge in [0.05, 0.1) is 23.5 Å². The van der Waals surface area contributed by atoms with Crippen molar-refractivity contribution in [2.24, 2.45) is 0 Å². The number of benzene rings is 2. The van der Waals surface area contributed by atoms with Crippen molar-refractivity contribution in [3.8, 4) is 0 Å². The summed E-state index contributed by atoms with van der Waals surface area (Å²) in [4.78, 5) is 27.9. The zero-order chi connectivity index (χ0) is 21.1. The lowest BCUT2D eigenvalue weighted by Crippen LogP contribution is -2.23. The van der Waals surface area contributed by atoms with Crippen LogP contribution in [0.1, 0.15) is 16.9 Å². The van der Waals surface area contributed by atoms with Crippen LogP contribution in [-0.4, -0.2) is 14.5 Å².